The van der Waals surface area contributed by atoms with Crippen molar-refractivity contribution in [1.82, 2.24) is 15.0 Å². The smallest absolute Gasteiger partial charge is 0.178 e. The summed E-state index contributed by atoms with van der Waals surface area (Å²) in [4.78, 5) is 12.5. The predicted molar refractivity (Wildman–Crippen MR) is 83.6 cm³/mol. The first-order valence-electron chi connectivity index (χ1n) is 5.52. The van der Waals surface area contributed by atoms with Crippen molar-refractivity contribution in [2.45, 2.75) is 5.88 Å². The molecule has 0 fully saturated rings. The second-order valence-corrected chi connectivity index (χ2v) is 3.80. The van der Waals surface area contributed by atoms with E-state index in [0.717, 1.165) is 11.3 Å². The summed E-state index contributed by atoms with van der Waals surface area (Å²) in [6.45, 7) is 0. The molecule has 0 aromatic carbocycles. The van der Waals surface area contributed by atoms with Crippen molar-refractivity contribution in [2.24, 2.45) is 0 Å². The zero-order valence-corrected chi connectivity index (χ0v) is 11.0. The molecule has 2 rings (SSSR count). The van der Waals surface area contributed by atoms with E-state index in [9.17, 15) is 0 Å². The Labute approximate surface area is 123 Å². The van der Waals surface area contributed by atoms with Gasteiger partial charge < -0.3 is 0 Å². The molecule has 2 aromatic rings. The van der Waals surface area contributed by atoms with Gasteiger partial charge in [0.05, 0.1) is 5.88 Å². The molecule has 0 saturated heterocycles. The Morgan fingerprint density at radius 3 is 2.21 bits per heavy atom. The molecule has 9 heteroatoms. The van der Waals surface area contributed by atoms with Crippen LogP contribution in [0.4, 0.5) is 0 Å². The van der Waals surface area contributed by atoms with Crippen LogP contribution in [0.2, 0.25) is 0 Å². The largest absolute Gasteiger partial charge is 0.253 e. The SMILES string of the molecule is ClCc1cnc(-c2ccccn2)nc1.[B][B]B([B])[B]. The molecule has 0 unspecified atom stereocenters. The number of aromatic nitrogens is 3. The van der Waals surface area contributed by atoms with Crippen molar-refractivity contribution in [1.29, 1.82) is 0 Å². The standard InChI is InChI=1S/C10H8ClN3.B5/c11-5-8-6-13-10(14-7-8)9-3-1-2-4-12-9;1-4-5(2)3/h1-4,6-7H,5H2;. The lowest BCUT2D eigenvalue weighted by Crippen LogP contribution is -2.23. The summed E-state index contributed by atoms with van der Waals surface area (Å²) in [5.74, 6) is 1.06. The van der Waals surface area contributed by atoms with E-state index < -0.39 is 6.39 Å². The van der Waals surface area contributed by atoms with Gasteiger partial charge in [-0.3, -0.25) is 4.98 Å². The fraction of sp³-hybridized carbons (Fsp3) is 0.100. The van der Waals surface area contributed by atoms with Gasteiger partial charge in [-0.1, -0.05) is 6.07 Å². The summed E-state index contributed by atoms with van der Waals surface area (Å²) in [6.07, 6.45) is 4.68. The number of alkyl halides is 1. The molecule has 19 heavy (non-hydrogen) atoms. The third kappa shape index (κ3) is 6.01. The van der Waals surface area contributed by atoms with E-state index in [1.165, 1.54) is 7.06 Å². The summed E-state index contributed by atoms with van der Waals surface area (Å²) < 4.78 is 0. The molecule has 0 aliphatic heterocycles. The van der Waals surface area contributed by atoms with Crippen molar-refractivity contribution in [3.8, 4) is 11.5 Å². The Bertz CT molecular complexity index is 468. The van der Waals surface area contributed by atoms with Crippen molar-refractivity contribution in [2.75, 3.05) is 0 Å². The molecule has 2 heterocycles. The van der Waals surface area contributed by atoms with Gasteiger partial charge in [0.15, 0.2) is 5.82 Å². The average molecular weight is 260 g/mol. The number of rotatable bonds is 3. The first-order valence-corrected chi connectivity index (χ1v) is 6.05. The highest BCUT2D eigenvalue weighted by molar-refractivity contribution is 7.60. The quantitative estimate of drug-likeness (QED) is 0.591. The van der Waals surface area contributed by atoms with Crippen molar-refractivity contribution >= 4 is 48.3 Å². The maximum absolute atomic E-state index is 5.63. The first-order chi connectivity index (χ1) is 9.17. The lowest BCUT2D eigenvalue weighted by Gasteiger charge is -1.98. The molecule has 0 aliphatic rings. The minimum Gasteiger partial charge on any atom is -0.253 e. The lowest BCUT2D eigenvalue weighted by molar-refractivity contribution is 1.10. The Morgan fingerprint density at radius 2 is 1.79 bits per heavy atom. The molecule has 2 aromatic heterocycles. The highest BCUT2D eigenvalue weighted by Gasteiger charge is 2.00. The van der Waals surface area contributed by atoms with Gasteiger partial charge in [-0.15, -0.1) is 11.6 Å². The molecule has 0 spiro atoms. The van der Waals surface area contributed by atoms with Crippen LogP contribution in [-0.4, -0.2) is 51.6 Å². The van der Waals surface area contributed by atoms with Gasteiger partial charge in [-0.05, 0) is 12.1 Å². The van der Waals surface area contributed by atoms with Crippen LogP contribution in [-0.2, 0) is 5.88 Å². The Hall–Kier alpha value is -1.16. The molecular weight excluding hydrogens is 252 g/mol. The molecule has 7 radical (unpaired) electrons. The van der Waals surface area contributed by atoms with Crippen LogP contribution in [0.1, 0.15) is 5.56 Å². The average Bonchev–Trinajstić information content (AvgIpc) is 2.49. The summed E-state index contributed by atoms with van der Waals surface area (Å²) in [5, 5.41) is 0. The molecule has 0 atom stereocenters. The number of pyridine rings is 1. The van der Waals surface area contributed by atoms with Gasteiger partial charge in [0.2, 0.25) is 0 Å². The van der Waals surface area contributed by atoms with E-state index in [1.54, 1.807) is 18.6 Å². The zero-order chi connectivity index (χ0) is 14.1. The Balaban J connectivity index is 0.000000312. The van der Waals surface area contributed by atoms with Crippen LogP contribution in [0.15, 0.2) is 36.8 Å². The van der Waals surface area contributed by atoms with Crippen LogP contribution in [0.3, 0.4) is 0 Å². The van der Waals surface area contributed by atoms with Crippen molar-refractivity contribution < 1.29 is 0 Å². The normalized spacial score (nSPS) is 9.11. The first kappa shape index (κ1) is 15.9. The molecule has 0 aliphatic carbocycles. The minimum atomic E-state index is -0.463. The number of hydrogen-bond acceptors (Lipinski definition) is 3. The second-order valence-electron chi connectivity index (χ2n) is 3.53. The van der Waals surface area contributed by atoms with Crippen molar-refractivity contribution in [3.63, 3.8) is 0 Å². The maximum atomic E-state index is 5.63. The lowest BCUT2D eigenvalue weighted by atomic mass is 8.97. The van der Waals surface area contributed by atoms with Crippen LogP contribution in [0, 0.1) is 0 Å². The van der Waals surface area contributed by atoms with Crippen LogP contribution >= 0.6 is 11.6 Å². The Kier molecular flexibility index (Phi) is 7.42. The molecule has 3 nitrogen and oxygen atoms in total. The zero-order valence-electron chi connectivity index (χ0n) is 10.3. The summed E-state index contributed by atoms with van der Waals surface area (Å²) >= 11 is 5.63. The van der Waals surface area contributed by atoms with Crippen LogP contribution in [0.5, 0.6) is 0 Å². The minimum absolute atomic E-state index is 0.433. The van der Waals surface area contributed by atoms with Crippen LogP contribution < -0.4 is 0 Å². The van der Waals surface area contributed by atoms with E-state index in [0.29, 0.717) is 11.7 Å². The van der Waals surface area contributed by atoms with Gasteiger partial charge in [-0.2, -0.15) is 0 Å². The van der Waals surface area contributed by atoms with E-state index in [2.05, 4.69) is 15.0 Å². The fourth-order valence-electron chi connectivity index (χ4n) is 1.05. The summed E-state index contributed by atoms with van der Waals surface area (Å²) in [7, 11) is 15.8. The molecule has 0 amide bonds. The summed E-state index contributed by atoms with van der Waals surface area (Å²) in [5.41, 5.74) is 1.68. The second kappa shape index (κ2) is 8.86. The third-order valence-electron chi connectivity index (χ3n) is 1.98. The fourth-order valence-corrected chi connectivity index (χ4v) is 1.19. The monoisotopic (exact) mass is 260 g/mol. The predicted octanol–water partition coefficient (Wildman–Crippen LogP) is 0.373. The van der Waals surface area contributed by atoms with Crippen molar-refractivity contribution in [3.05, 3.63) is 42.4 Å². The van der Waals surface area contributed by atoms with Crippen LogP contribution in [0.25, 0.3) is 11.5 Å². The van der Waals surface area contributed by atoms with Gasteiger partial charge in [0, 0.05) is 60.8 Å². The topological polar surface area (TPSA) is 38.7 Å². The number of nitrogens with zero attached hydrogens (tertiary/aromatic N) is 3. The number of halogens is 1. The summed E-state index contributed by atoms with van der Waals surface area (Å²) in [6, 6.07) is 5.63. The molecular formula is C10H8B5ClN3. The van der Waals surface area contributed by atoms with E-state index in [4.69, 9.17) is 34.8 Å². The van der Waals surface area contributed by atoms with Gasteiger partial charge in [0.25, 0.3) is 0 Å². The maximum Gasteiger partial charge on any atom is 0.178 e. The van der Waals surface area contributed by atoms with E-state index >= 15 is 0 Å². The number of hydrogen-bond donors (Lipinski definition) is 0. The Morgan fingerprint density at radius 1 is 1.16 bits per heavy atom. The van der Waals surface area contributed by atoms with E-state index in [1.807, 2.05) is 18.2 Å². The third-order valence-corrected chi connectivity index (χ3v) is 2.28. The molecule has 0 N–H and O–H groups in total. The van der Waals surface area contributed by atoms with Gasteiger partial charge in [0.1, 0.15) is 5.69 Å². The molecule has 0 saturated carbocycles. The highest BCUT2D eigenvalue weighted by Crippen LogP contribution is 2.10. The van der Waals surface area contributed by atoms with Gasteiger partial charge >= 0.3 is 0 Å². The van der Waals surface area contributed by atoms with E-state index in [-0.39, 0.29) is 0 Å². The highest BCUT2D eigenvalue weighted by atomic mass is 35.5. The molecule has 85 valence electrons. The van der Waals surface area contributed by atoms with Gasteiger partial charge in [-0.25, -0.2) is 9.97 Å². The molecule has 0 bridgehead atoms.